The van der Waals surface area contributed by atoms with E-state index >= 15 is 0 Å². The molecule has 0 radical (unpaired) electrons. The third kappa shape index (κ3) is 5.28. The summed E-state index contributed by atoms with van der Waals surface area (Å²) >= 11 is 0. The zero-order valence-electron chi connectivity index (χ0n) is 34.5. The van der Waals surface area contributed by atoms with Crippen molar-refractivity contribution in [2.24, 2.45) is 0 Å². The van der Waals surface area contributed by atoms with Gasteiger partial charge in [-0.2, -0.15) is 0 Å². The molecule has 13 rings (SSSR count). The van der Waals surface area contributed by atoms with Crippen molar-refractivity contribution in [3.05, 3.63) is 218 Å². The molecule has 9 aromatic rings. The molecule has 0 aromatic heterocycles. The second-order valence-corrected chi connectivity index (χ2v) is 16.4. The third-order valence-electron chi connectivity index (χ3n) is 12.9. The molecule has 4 heterocycles. The van der Waals surface area contributed by atoms with Crippen molar-refractivity contribution in [2.45, 2.75) is 6.92 Å². The zero-order valence-corrected chi connectivity index (χ0v) is 34.5. The maximum Gasteiger partial charge on any atom is 0.432 e. The first kappa shape index (κ1) is 35.6. The number of fused-ring (bicyclic) bond motifs is 6. The van der Waals surface area contributed by atoms with E-state index in [1.165, 1.54) is 0 Å². The van der Waals surface area contributed by atoms with Gasteiger partial charge in [0.25, 0.3) is 0 Å². The molecule has 0 saturated carbocycles. The Hall–Kier alpha value is -8.09. The van der Waals surface area contributed by atoms with E-state index in [2.05, 4.69) is 239 Å². The lowest BCUT2D eigenvalue weighted by molar-refractivity contribution is 0.593. The van der Waals surface area contributed by atoms with Crippen LogP contribution in [-0.2, 0) is 0 Å². The summed E-state index contributed by atoms with van der Waals surface area (Å²) in [5.74, 6) is 1.64. The summed E-state index contributed by atoms with van der Waals surface area (Å²) in [5.41, 5.74) is 18.3. The molecule has 8 heteroatoms. The van der Waals surface area contributed by atoms with Crippen LogP contribution in [-0.4, -0.2) is 13.8 Å². The smallest absolute Gasteiger partial charge is 0.432 e. The van der Waals surface area contributed by atoms with Crippen molar-refractivity contribution in [3.8, 4) is 11.5 Å². The maximum absolute atomic E-state index is 7.49. The molecule has 0 atom stereocenters. The molecule has 4 aliphatic heterocycles. The van der Waals surface area contributed by atoms with E-state index in [1.54, 1.807) is 0 Å². The van der Waals surface area contributed by atoms with Crippen LogP contribution in [0.2, 0.25) is 0 Å². The van der Waals surface area contributed by atoms with Gasteiger partial charge in [0.2, 0.25) is 0 Å². The zero-order chi connectivity index (χ0) is 41.6. The van der Waals surface area contributed by atoms with Gasteiger partial charge in [0.15, 0.2) is 0 Å². The molecule has 0 saturated heterocycles. The van der Waals surface area contributed by atoms with Gasteiger partial charge in [-0.05, 0) is 120 Å². The summed E-state index contributed by atoms with van der Waals surface area (Å²) in [7, 11) is 0. The Morgan fingerprint density at radius 3 is 1.00 bits per heavy atom. The van der Waals surface area contributed by atoms with Crippen LogP contribution >= 0.6 is 0 Å². The first-order valence-corrected chi connectivity index (χ1v) is 21.6. The van der Waals surface area contributed by atoms with E-state index in [4.69, 9.17) is 9.31 Å². The summed E-state index contributed by atoms with van der Waals surface area (Å²) in [6, 6.07) is 75.4. The quantitative estimate of drug-likeness (QED) is 0.165. The molecule has 4 aliphatic rings. The lowest BCUT2D eigenvalue weighted by atomic mass is 9.46. The van der Waals surface area contributed by atoms with Crippen molar-refractivity contribution in [1.82, 2.24) is 0 Å². The predicted octanol–water partition coefficient (Wildman–Crippen LogP) is 11.5. The van der Waals surface area contributed by atoms with Crippen LogP contribution in [0.25, 0.3) is 0 Å². The number of nitrogens with zero attached hydrogens (tertiary/aromatic N) is 4. The lowest BCUT2D eigenvalue weighted by Crippen LogP contribution is -2.59. The molecule has 0 fully saturated rings. The minimum Gasteiger partial charge on any atom is -0.550 e. The molecule has 0 amide bonds. The lowest BCUT2D eigenvalue weighted by Gasteiger charge is -2.43. The highest BCUT2D eigenvalue weighted by molar-refractivity contribution is 6.89. The van der Waals surface area contributed by atoms with E-state index in [-0.39, 0.29) is 0 Å². The highest BCUT2D eigenvalue weighted by Crippen LogP contribution is 2.51. The summed E-state index contributed by atoms with van der Waals surface area (Å²) < 4.78 is 15.0. The molecular formula is C55H38B2N4O2. The molecule has 0 N–H and O–H groups in total. The Morgan fingerprint density at radius 2 is 0.619 bits per heavy atom. The van der Waals surface area contributed by atoms with Gasteiger partial charge in [0.05, 0.1) is 11.4 Å². The SMILES string of the molecule is Cc1c2c(cc3c1N(c1ccccc1)c1cccc4c1B3Oc1ccccc1N4c1ccccc1)B1Oc3ccccc3N(c3ccccc3)c3cccc(c31)N2c1ccccc1. The monoisotopic (exact) mass is 808 g/mol. The van der Waals surface area contributed by atoms with E-state index in [9.17, 15) is 0 Å². The number of benzene rings is 9. The molecule has 0 aliphatic carbocycles. The van der Waals surface area contributed by atoms with Crippen LogP contribution in [0.3, 0.4) is 0 Å². The van der Waals surface area contributed by atoms with Gasteiger partial charge < -0.3 is 28.9 Å². The summed E-state index contributed by atoms with van der Waals surface area (Å²) in [4.78, 5) is 9.63. The van der Waals surface area contributed by atoms with Gasteiger partial charge in [-0.25, -0.2) is 0 Å². The predicted molar refractivity (Wildman–Crippen MR) is 261 cm³/mol. The average Bonchev–Trinajstić information content (AvgIpc) is 3.59. The van der Waals surface area contributed by atoms with Crippen LogP contribution in [0.5, 0.6) is 11.5 Å². The number of hydrogen-bond donors (Lipinski definition) is 0. The van der Waals surface area contributed by atoms with Crippen molar-refractivity contribution >= 4 is 104 Å². The van der Waals surface area contributed by atoms with Crippen molar-refractivity contribution < 1.29 is 9.31 Å². The van der Waals surface area contributed by atoms with Crippen LogP contribution in [0.1, 0.15) is 5.56 Å². The second kappa shape index (κ2) is 14.0. The van der Waals surface area contributed by atoms with Crippen molar-refractivity contribution in [1.29, 1.82) is 0 Å². The Morgan fingerprint density at radius 1 is 0.317 bits per heavy atom. The molecule has 6 nitrogen and oxygen atoms in total. The van der Waals surface area contributed by atoms with Gasteiger partial charge >= 0.3 is 13.8 Å². The fourth-order valence-corrected chi connectivity index (χ4v) is 10.4. The Kier molecular flexibility index (Phi) is 7.91. The second-order valence-electron chi connectivity index (χ2n) is 16.4. The standard InChI is InChI=1S/C55H38B2N4O2/c1-37-54-42(56-52-46(30-18-32-48(52)60(54)40-24-10-4-11-25-40)58(38-20-6-2-7-21-38)44-28-14-16-34-50(44)62-56)36-43-55(37)61(41-26-12-5-13-27-41)49-33-19-31-47-53(49)57(43)63-51-35-17-15-29-45(51)59(47)39-22-8-3-9-23-39/h2-36H,1H3. The van der Waals surface area contributed by atoms with Crippen LogP contribution in [0.4, 0.5) is 68.2 Å². The Balaban J connectivity index is 1.14. The molecule has 0 bridgehead atoms. The highest BCUT2D eigenvalue weighted by atomic mass is 16.4. The largest absolute Gasteiger partial charge is 0.550 e. The molecule has 63 heavy (non-hydrogen) atoms. The van der Waals surface area contributed by atoms with Crippen LogP contribution < -0.4 is 50.8 Å². The normalized spacial score (nSPS) is 13.9. The van der Waals surface area contributed by atoms with Crippen LogP contribution in [0, 0.1) is 6.92 Å². The first-order chi connectivity index (χ1) is 31.2. The third-order valence-corrected chi connectivity index (χ3v) is 12.9. The highest BCUT2D eigenvalue weighted by Gasteiger charge is 2.49. The number of anilines is 12. The number of para-hydroxylation sites is 8. The summed E-state index contributed by atoms with van der Waals surface area (Å²) in [5, 5.41) is 0. The fourth-order valence-electron chi connectivity index (χ4n) is 10.4. The first-order valence-electron chi connectivity index (χ1n) is 21.6. The topological polar surface area (TPSA) is 31.4 Å². The van der Waals surface area contributed by atoms with Gasteiger partial charge in [0.1, 0.15) is 11.5 Å². The van der Waals surface area contributed by atoms with E-state index in [1.807, 2.05) is 0 Å². The summed E-state index contributed by atoms with van der Waals surface area (Å²) in [6.07, 6.45) is 0. The van der Waals surface area contributed by atoms with Gasteiger partial charge in [-0.3, -0.25) is 0 Å². The Bertz CT molecular complexity index is 3030. The van der Waals surface area contributed by atoms with Gasteiger partial charge in [-0.1, -0.05) is 115 Å². The fraction of sp³-hybridized carbons (Fsp3) is 0.0182. The van der Waals surface area contributed by atoms with Crippen LogP contribution in [0.15, 0.2) is 212 Å². The minimum atomic E-state index is -0.453. The van der Waals surface area contributed by atoms with Gasteiger partial charge in [0, 0.05) is 67.8 Å². The van der Waals surface area contributed by atoms with E-state index in [0.717, 1.165) is 107 Å². The molecule has 9 aromatic carbocycles. The number of hydrogen-bond acceptors (Lipinski definition) is 6. The Labute approximate surface area is 367 Å². The molecule has 0 unspecified atom stereocenters. The average molecular weight is 809 g/mol. The minimum absolute atomic E-state index is 0.453. The van der Waals surface area contributed by atoms with Crippen molar-refractivity contribution in [2.75, 3.05) is 19.6 Å². The number of rotatable bonds is 4. The van der Waals surface area contributed by atoms with E-state index in [0.29, 0.717) is 0 Å². The molecule has 296 valence electrons. The maximum atomic E-state index is 7.49. The van der Waals surface area contributed by atoms with Gasteiger partial charge in [-0.15, -0.1) is 0 Å². The summed E-state index contributed by atoms with van der Waals surface area (Å²) in [6.45, 7) is 1.38. The molecule has 0 spiro atoms. The van der Waals surface area contributed by atoms with Crippen molar-refractivity contribution in [3.63, 3.8) is 0 Å². The molecular weight excluding hydrogens is 770 g/mol. The van der Waals surface area contributed by atoms with E-state index < -0.39 is 13.8 Å².